The Bertz CT molecular complexity index is 4840. The van der Waals surface area contributed by atoms with Gasteiger partial charge in [-0.15, -0.1) is 0 Å². The van der Waals surface area contributed by atoms with Gasteiger partial charge < -0.3 is 60.9 Å². The van der Waals surface area contributed by atoms with Crippen LogP contribution in [-0.4, -0.2) is 117 Å². The topological polar surface area (TPSA) is 209 Å². The van der Waals surface area contributed by atoms with Gasteiger partial charge in [0.1, 0.15) is 0 Å². The third kappa shape index (κ3) is 11.2. The monoisotopic (exact) mass is 1440 g/mol. The van der Waals surface area contributed by atoms with Crippen molar-refractivity contribution in [1.82, 2.24) is 0 Å². The van der Waals surface area contributed by atoms with E-state index in [1.54, 1.807) is 0 Å². The number of anilines is 6. The third-order valence-corrected chi connectivity index (χ3v) is 25.7. The molecule has 12 aromatic carbocycles. The number of benzene rings is 12. The Morgan fingerprint density at radius 2 is 0.339 bits per heavy atom. The molecule has 0 saturated carbocycles. The lowest BCUT2D eigenvalue weighted by atomic mass is 9.72. The van der Waals surface area contributed by atoms with Gasteiger partial charge in [0.2, 0.25) is 0 Å². The molecule has 0 aromatic heterocycles. The minimum absolute atomic E-state index is 0.0620. The summed E-state index contributed by atoms with van der Waals surface area (Å²) in [6.07, 6.45) is 4.23. The molecule has 0 radical (unpaired) electrons. The van der Waals surface area contributed by atoms with E-state index >= 15 is 0 Å². The summed E-state index contributed by atoms with van der Waals surface area (Å²) in [6, 6.07) is 90.1. The summed E-state index contributed by atoms with van der Waals surface area (Å²) in [5, 5.41) is 109. The standard InChI is InChI=1S/C97H92N2O10/c100-47-37-93(38-48-101)83-13-5-1-9-73(83)79-33-27-69(59-89(79)93)98(70-28-34-80-74-10-2-6-14-84(74)94(39-49-102,40-50-103)90(80)60-70)67-23-17-63(18-24-67)65-21-31-77-78-32-22-66(58-88(78)97(45-55-108,46-56-109)87(77)57-65)64-19-25-68(26-20-64)99(71-29-35-81-75-11-3-7-15-85(75)95(41-51-104,42-52-105)91(81)61-71)72-30-36-82-76-12-4-8-16-86(76)96(43-53-106,44-54-107)92(82)62-72/h1-36,57-62,100-109H,37-56H2. The predicted molar refractivity (Wildman–Crippen MR) is 435 cm³/mol. The minimum Gasteiger partial charge on any atom is -0.396 e. The van der Waals surface area contributed by atoms with Gasteiger partial charge in [-0.05, 0) is 283 Å². The number of hydrogen-bond donors (Lipinski definition) is 10. The number of aliphatic hydroxyl groups is 10. The molecule has 12 nitrogen and oxygen atoms in total. The van der Waals surface area contributed by atoms with Crippen molar-refractivity contribution in [3.63, 3.8) is 0 Å². The Balaban J connectivity index is 0.743. The van der Waals surface area contributed by atoms with Crippen LogP contribution in [0.5, 0.6) is 0 Å². The van der Waals surface area contributed by atoms with Crippen molar-refractivity contribution in [2.75, 3.05) is 75.9 Å². The van der Waals surface area contributed by atoms with Crippen molar-refractivity contribution in [2.45, 2.75) is 91.3 Å². The van der Waals surface area contributed by atoms with Gasteiger partial charge in [-0.3, -0.25) is 0 Å². The van der Waals surface area contributed by atoms with Gasteiger partial charge in [-0.1, -0.05) is 170 Å². The fraction of sp³-hybridized carbons (Fsp3) is 0.258. The Hall–Kier alpha value is -10.2. The van der Waals surface area contributed by atoms with Gasteiger partial charge in [-0.25, -0.2) is 0 Å². The molecule has 0 spiro atoms. The van der Waals surface area contributed by atoms with E-state index in [1.165, 1.54) is 0 Å². The van der Waals surface area contributed by atoms with Crippen molar-refractivity contribution in [2.24, 2.45) is 0 Å². The van der Waals surface area contributed by atoms with E-state index < -0.39 is 27.1 Å². The SMILES string of the molecule is OCCC1(CCO)c2cc(-c3ccc(N(c4ccc5c(c4)C(CCO)(CCO)c4ccccc4-5)c4ccc5c(c4)C(CCO)(CCO)c4ccccc4-5)cc3)ccc2-c2ccc(-c3ccc(N(c4ccc5c(c4)C(CCO)(CCO)c4ccccc4-5)c4ccc5c(c4)C(CCO)(CCO)c4ccccc4-5)cc3)cc21. The first-order chi connectivity index (χ1) is 53.5. The molecule has 0 amide bonds. The van der Waals surface area contributed by atoms with Crippen LogP contribution in [0, 0.1) is 0 Å². The zero-order chi connectivity index (χ0) is 74.8. The molecular weight excluding hydrogens is 1350 g/mol. The molecule has 0 bridgehead atoms. The van der Waals surface area contributed by atoms with Crippen LogP contribution in [0.25, 0.3) is 77.9 Å². The van der Waals surface area contributed by atoms with E-state index in [4.69, 9.17) is 0 Å². The minimum atomic E-state index is -0.750. The molecule has 0 atom stereocenters. The highest BCUT2D eigenvalue weighted by atomic mass is 16.3. The maximum Gasteiger partial charge on any atom is 0.0465 e. The highest BCUT2D eigenvalue weighted by molar-refractivity contribution is 5.93. The molecule has 0 heterocycles. The molecule has 17 rings (SSSR count). The van der Waals surface area contributed by atoms with Gasteiger partial charge in [0.05, 0.1) is 0 Å². The van der Waals surface area contributed by atoms with Crippen LogP contribution in [0.15, 0.2) is 255 Å². The smallest absolute Gasteiger partial charge is 0.0465 e. The molecule has 109 heavy (non-hydrogen) atoms. The van der Waals surface area contributed by atoms with Crippen molar-refractivity contribution in [1.29, 1.82) is 0 Å². The Morgan fingerprint density at radius 3 is 0.569 bits per heavy atom. The van der Waals surface area contributed by atoms with Crippen LogP contribution in [0.3, 0.4) is 0 Å². The number of hydrogen-bond acceptors (Lipinski definition) is 12. The lowest BCUT2D eigenvalue weighted by molar-refractivity contribution is 0.212. The zero-order valence-corrected chi connectivity index (χ0v) is 61.3. The van der Waals surface area contributed by atoms with Crippen molar-refractivity contribution >= 4 is 34.1 Å². The van der Waals surface area contributed by atoms with Gasteiger partial charge in [0, 0.05) is 127 Å². The maximum absolute atomic E-state index is 11.2. The van der Waals surface area contributed by atoms with Crippen LogP contribution in [0.4, 0.5) is 34.1 Å². The van der Waals surface area contributed by atoms with E-state index in [0.717, 1.165) is 168 Å². The normalized spacial score (nSPS) is 15.2. The molecule has 550 valence electrons. The van der Waals surface area contributed by atoms with E-state index in [0.29, 0.717) is 64.2 Å². The van der Waals surface area contributed by atoms with Crippen LogP contribution in [0.2, 0.25) is 0 Å². The van der Waals surface area contributed by atoms with Gasteiger partial charge >= 0.3 is 0 Å². The van der Waals surface area contributed by atoms with Gasteiger partial charge in [0.15, 0.2) is 0 Å². The molecule has 10 N–H and O–H groups in total. The Labute approximate surface area is 637 Å². The summed E-state index contributed by atoms with van der Waals surface area (Å²) in [7, 11) is 0. The molecule has 5 aliphatic carbocycles. The third-order valence-electron chi connectivity index (χ3n) is 25.7. The second kappa shape index (κ2) is 29.0. The van der Waals surface area contributed by atoms with E-state index in [9.17, 15) is 51.1 Å². The summed E-state index contributed by atoms with van der Waals surface area (Å²) >= 11 is 0. The average Bonchev–Trinajstić information content (AvgIpc) is 1.61. The van der Waals surface area contributed by atoms with Crippen molar-refractivity contribution in [3.8, 4) is 77.9 Å². The zero-order valence-electron chi connectivity index (χ0n) is 61.3. The molecule has 12 aromatic rings. The highest BCUT2D eigenvalue weighted by Gasteiger charge is 2.49. The molecule has 5 aliphatic rings. The molecular formula is C97H92N2O10. The molecule has 0 aliphatic heterocycles. The molecule has 0 saturated heterocycles. The largest absolute Gasteiger partial charge is 0.396 e. The van der Waals surface area contributed by atoms with E-state index in [1.807, 2.05) is 48.5 Å². The Morgan fingerprint density at radius 1 is 0.165 bits per heavy atom. The van der Waals surface area contributed by atoms with Crippen LogP contribution in [-0.2, 0) is 27.1 Å². The van der Waals surface area contributed by atoms with E-state index in [2.05, 4.69) is 216 Å². The van der Waals surface area contributed by atoms with Gasteiger partial charge in [0.25, 0.3) is 0 Å². The second-order valence-electron chi connectivity index (χ2n) is 30.5. The average molecular weight is 1450 g/mol. The summed E-state index contributed by atoms with van der Waals surface area (Å²) in [4.78, 5) is 4.54. The van der Waals surface area contributed by atoms with E-state index in [-0.39, 0.29) is 66.1 Å². The number of fused-ring (bicyclic) bond motifs is 15. The lowest BCUT2D eigenvalue weighted by Gasteiger charge is -2.34. The second-order valence-corrected chi connectivity index (χ2v) is 30.5. The predicted octanol–water partition coefficient (Wildman–Crippen LogP) is 17.1. The fourth-order valence-corrected chi connectivity index (χ4v) is 20.9. The summed E-state index contributed by atoms with van der Waals surface area (Å²) in [5.74, 6) is 0. The number of nitrogens with zero attached hydrogens (tertiary/aromatic N) is 2. The summed E-state index contributed by atoms with van der Waals surface area (Å²) in [6.45, 7) is -0.718. The quantitative estimate of drug-likeness (QED) is 0.0222. The Kier molecular flexibility index (Phi) is 19.1. The highest BCUT2D eigenvalue weighted by Crippen LogP contribution is 2.61. The summed E-state index contributed by atoms with van der Waals surface area (Å²) in [5.41, 5.74) is 27.3. The van der Waals surface area contributed by atoms with Crippen LogP contribution >= 0.6 is 0 Å². The number of rotatable bonds is 28. The fourth-order valence-electron chi connectivity index (χ4n) is 20.9. The van der Waals surface area contributed by atoms with Crippen LogP contribution in [0.1, 0.15) is 120 Å². The number of aliphatic hydroxyl groups excluding tert-OH is 10. The molecule has 0 unspecified atom stereocenters. The molecule has 0 fully saturated rings. The summed E-state index contributed by atoms with van der Waals surface area (Å²) < 4.78 is 0. The van der Waals surface area contributed by atoms with Crippen molar-refractivity contribution in [3.05, 3.63) is 310 Å². The lowest BCUT2D eigenvalue weighted by Crippen LogP contribution is -2.29. The first-order valence-electron chi connectivity index (χ1n) is 38.7. The maximum atomic E-state index is 11.2. The first kappa shape index (κ1) is 71.7. The first-order valence-corrected chi connectivity index (χ1v) is 38.7. The molecule has 12 heteroatoms. The van der Waals surface area contributed by atoms with Gasteiger partial charge in [-0.2, -0.15) is 0 Å². The van der Waals surface area contributed by atoms with Crippen LogP contribution < -0.4 is 9.80 Å². The van der Waals surface area contributed by atoms with Crippen molar-refractivity contribution < 1.29 is 51.1 Å².